The quantitative estimate of drug-likeness (QED) is 0.840. The van der Waals surface area contributed by atoms with Gasteiger partial charge in [0.25, 0.3) is 0 Å². The van der Waals surface area contributed by atoms with Crippen molar-refractivity contribution in [3.63, 3.8) is 0 Å². The molecule has 0 aliphatic rings. The molecule has 6 nitrogen and oxygen atoms in total. The molecule has 0 aliphatic carbocycles. The number of hydrogen-bond donors (Lipinski definition) is 2. The van der Waals surface area contributed by atoms with Crippen molar-refractivity contribution in [2.75, 3.05) is 7.11 Å². The Bertz CT molecular complexity index is 565. The molecule has 0 aromatic carbocycles. The summed E-state index contributed by atoms with van der Waals surface area (Å²) in [5.74, 6) is -0.252. The summed E-state index contributed by atoms with van der Waals surface area (Å²) in [6.45, 7) is 1.98. The van der Waals surface area contributed by atoms with Crippen LogP contribution in [0.2, 0.25) is 0 Å². The Hall–Kier alpha value is -1.95. The molecule has 0 fully saturated rings. The first-order valence-electron chi connectivity index (χ1n) is 5.71. The van der Waals surface area contributed by atoms with Crippen LogP contribution in [0.4, 0.5) is 0 Å². The van der Waals surface area contributed by atoms with Crippen LogP contribution in [-0.4, -0.2) is 39.2 Å². The zero-order chi connectivity index (χ0) is 13.1. The second kappa shape index (κ2) is 5.14. The Morgan fingerprint density at radius 1 is 1.61 bits per heavy atom. The van der Waals surface area contributed by atoms with Gasteiger partial charge in [0.05, 0.1) is 17.2 Å². The van der Waals surface area contributed by atoms with E-state index >= 15 is 0 Å². The number of fused-ring (bicyclic) bond motifs is 1. The Balaban J connectivity index is 2.27. The Morgan fingerprint density at radius 2 is 2.39 bits per heavy atom. The largest absolute Gasteiger partial charge is 0.478 e. The summed E-state index contributed by atoms with van der Waals surface area (Å²) >= 11 is 0. The fourth-order valence-electron chi connectivity index (χ4n) is 1.71. The molecular formula is C12H15N3O3. The van der Waals surface area contributed by atoms with Crippen molar-refractivity contribution < 1.29 is 14.6 Å². The SMILES string of the molecule is COC(C)CCc1nc2nccc(C(=O)O)c2[nH]1. The molecule has 2 heterocycles. The first-order chi connectivity index (χ1) is 8.61. The smallest absolute Gasteiger partial charge is 0.338 e. The minimum atomic E-state index is -0.983. The van der Waals surface area contributed by atoms with Crippen LogP contribution in [0.5, 0.6) is 0 Å². The molecule has 0 saturated heterocycles. The second-order valence-corrected chi connectivity index (χ2v) is 4.13. The maximum Gasteiger partial charge on any atom is 0.338 e. The third kappa shape index (κ3) is 2.48. The molecule has 96 valence electrons. The molecule has 0 aliphatic heterocycles. The molecule has 2 N–H and O–H groups in total. The van der Waals surface area contributed by atoms with Crippen LogP contribution in [0.25, 0.3) is 11.2 Å². The highest BCUT2D eigenvalue weighted by Gasteiger charge is 2.13. The molecule has 0 saturated carbocycles. The number of aromatic nitrogens is 3. The van der Waals surface area contributed by atoms with Gasteiger partial charge in [-0.3, -0.25) is 0 Å². The highest BCUT2D eigenvalue weighted by Crippen LogP contribution is 2.15. The van der Waals surface area contributed by atoms with Gasteiger partial charge < -0.3 is 14.8 Å². The van der Waals surface area contributed by atoms with E-state index in [1.165, 1.54) is 12.3 Å². The van der Waals surface area contributed by atoms with Crippen molar-refractivity contribution in [2.45, 2.75) is 25.9 Å². The number of nitrogens with zero attached hydrogens (tertiary/aromatic N) is 2. The van der Waals surface area contributed by atoms with Gasteiger partial charge in [-0.15, -0.1) is 0 Å². The lowest BCUT2D eigenvalue weighted by molar-refractivity contribution is 0.0698. The number of methoxy groups -OCH3 is 1. The fourth-order valence-corrected chi connectivity index (χ4v) is 1.71. The number of imidazole rings is 1. The van der Waals surface area contributed by atoms with Crippen molar-refractivity contribution in [1.82, 2.24) is 15.0 Å². The molecule has 6 heteroatoms. The average molecular weight is 249 g/mol. The summed E-state index contributed by atoms with van der Waals surface area (Å²) in [5.41, 5.74) is 1.11. The van der Waals surface area contributed by atoms with E-state index in [1.807, 2.05) is 6.92 Å². The lowest BCUT2D eigenvalue weighted by Gasteiger charge is -2.06. The number of H-pyrrole nitrogens is 1. The number of aromatic carboxylic acids is 1. The predicted octanol–water partition coefficient (Wildman–Crippen LogP) is 1.62. The third-order valence-electron chi connectivity index (χ3n) is 2.86. The summed E-state index contributed by atoms with van der Waals surface area (Å²) in [6, 6.07) is 1.46. The van der Waals surface area contributed by atoms with Crippen molar-refractivity contribution in [3.8, 4) is 0 Å². The molecule has 0 radical (unpaired) electrons. The van der Waals surface area contributed by atoms with Crippen LogP contribution >= 0.6 is 0 Å². The van der Waals surface area contributed by atoms with Crippen LogP contribution in [0.3, 0.4) is 0 Å². The molecular weight excluding hydrogens is 234 g/mol. The number of hydrogen-bond acceptors (Lipinski definition) is 4. The number of nitrogens with one attached hydrogen (secondary N) is 1. The van der Waals surface area contributed by atoms with Gasteiger partial charge in [-0.05, 0) is 19.4 Å². The standard InChI is InChI=1S/C12H15N3O3/c1-7(18-2)3-4-9-14-10-8(12(16)17)5-6-13-11(10)15-9/h5-7H,3-4H2,1-2H3,(H,16,17)(H,13,14,15). The van der Waals surface area contributed by atoms with E-state index in [0.29, 0.717) is 17.6 Å². The zero-order valence-corrected chi connectivity index (χ0v) is 10.3. The van der Waals surface area contributed by atoms with E-state index in [1.54, 1.807) is 7.11 Å². The van der Waals surface area contributed by atoms with Gasteiger partial charge >= 0.3 is 5.97 Å². The van der Waals surface area contributed by atoms with Gasteiger partial charge in [0, 0.05) is 19.7 Å². The van der Waals surface area contributed by atoms with Crippen molar-refractivity contribution in [1.29, 1.82) is 0 Å². The number of carbonyl (C=O) groups is 1. The van der Waals surface area contributed by atoms with Gasteiger partial charge in [0.1, 0.15) is 5.82 Å². The summed E-state index contributed by atoms with van der Waals surface area (Å²) in [5, 5.41) is 9.05. The number of pyridine rings is 1. The molecule has 1 unspecified atom stereocenters. The Labute approximate surface area is 104 Å². The molecule has 0 spiro atoms. The maximum absolute atomic E-state index is 11.0. The molecule has 2 aromatic heterocycles. The van der Waals surface area contributed by atoms with E-state index in [4.69, 9.17) is 9.84 Å². The highest BCUT2D eigenvalue weighted by molar-refractivity contribution is 5.99. The molecule has 2 rings (SSSR count). The van der Waals surface area contributed by atoms with Gasteiger partial charge in [0.2, 0.25) is 0 Å². The van der Waals surface area contributed by atoms with Crippen LogP contribution in [0.15, 0.2) is 12.3 Å². The number of carboxylic acid groups (broad SMARTS) is 1. The maximum atomic E-state index is 11.0. The van der Waals surface area contributed by atoms with Crippen LogP contribution in [0.1, 0.15) is 29.5 Å². The van der Waals surface area contributed by atoms with E-state index in [0.717, 1.165) is 12.2 Å². The van der Waals surface area contributed by atoms with Gasteiger partial charge in [-0.1, -0.05) is 0 Å². The molecule has 1 atom stereocenters. The minimum Gasteiger partial charge on any atom is -0.478 e. The van der Waals surface area contributed by atoms with E-state index in [-0.39, 0.29) is 11.7 Å². The summed E-state index contributed by atoms with van der Waals surface area (Å²) in [7, 11) is 1.66. The lowest BCUT2D eigenvalue weighted by Crippen LogP contribution is -2.06. The number of rotatable bonds is 5. The van der Waals surface area contributed by atoms with Gasteiger partial charge in [-0.2, -0.15) is 0 Å². The predicted molar refractivity (Wildman–Crippen MR) is 65.6 cm³/mol. The van der Waals surface area contributed by atoms with Crippen molar-refractivity contribution in [3.05, 3.63) is 23.7 Å². The molecule has 18 heavy (non-hydrogen) atoms. The molecule has 0 amide bonds. The number of carboxylic acids is 1. The van der Waals surface area contributed by atoms with Crippen molar-refractivity contribution >= 4 is 17.1 Å². The number of aromatic amines is 1. The summed E-state index contributed by atoms with van der Waals surface area (Å²) < 4.78 is 5.16. The fraction of sp³-hybridized carbons (Fsp3) is 0.417. The van der Waals surface area contributed by atoms with E-state index in [9.17, 15) is 4.79 Å². The van der Waals surface area contributed by atoms with Crippen LogP contribution in [-0.2, 0) is 11.2 Å². The Morgan fingerprint density at radius 3 is 3.06 bits per heavy atom. The Kier molecular flexibility index (Phi) is 3.57. The first-order valence-corrected chi connectivity index (χ1v) is 5.71. The number of ether oxygens (including phenoxy) is 1. The summed E-state index contributed by atoms with van der Waals surface area (Å²) in [6.07, 6.45) is 3.11. The van der Waals surface area contributed by atoms with Crippen LogP contribution in [0, 0.1) is 0 Å². The zero-order valence-electron chi connectivity index (χ0n) is 10.3. The van der Waals surface area contributed by atoms with E-state index < -0.39 is 5.97 Å². The van der Waals surface area contributed by atoms with Gasteiger partial charge in [-0.25, -0.2) is 14.8 Å². The molecule has 2 aromatic rings. The monoisotopic (exact) mass is 249 g/mol. The normalized spacial score (nSPS) is 12.8. The first kappa shape index (κ1) is 12.5. The lowest BCUT2D eigenvalue weighted by atomic mass is 10.2. The third-order valence-corrected chi connectivity index (χ3v) is 2.86. The average Bonchev–Trinajstić information content (AvgIpc) is 2.77. The number of aryl methyl sites for hydroxylation is 1. The highest BCUT2D eigenvalue weighted by atomic mass is 16.5. The van der Waals surface area contributed by atoms with Crippen LogP contribution < -0.4 is 0 Å². The van der Waals surface area contributed by atoms with E-state index in [2.05, 4.69) is 15.0 Å². The second-order valence-electron chi connectivity index (χ2n) is 4.13. The van der Waals surface area contributed by atoms with Gasteiger partial charge in [0.15, 0.2) is 5.65 Å². The van der Waals surface area contributed by atoms with Crippen molar-refractivity contribution in [2.24, 2.45) is 0 Å². The summed E-state index contributed by atoms with van der Waals surface area (Å²) in [4.78, 5) is 22.4. The molecule has 0 bridgehead atoms. The topological polar surface area (TPSA) is 88.1 Å². The minimum absolute atomic E-state index is 0.144.